The van der Waals surface area contributed by atoms with Gasteiger partial charge in [-0.3, -0.25) is 9.69 Å². The van der Waals surface area contributed by atoms with E-state index in [4.69, 9.17) is 23.4 Å². The van der Waals surface area contributed by atoms with E-state index in [1.54, 1.807) is 55.4 Å². The first-order valence-electron chi connectivity index (χ1n) is 17.6. The lowest BCUT2D eigenvalue weighted by Crippen LogP contribution is -2.67. The molecule has 0 aromatic heterocycles. The summed E-state index contributed by atoms with van der Waals surface area (Å²) in [6.07, 6.45) is -0.261. The molecule has 4 rings (SSSR count). The van der Waals surface area contributed by atoms with Crippen LogP contribution in [0.4, 0.5) is 4.79 Å². The zero-order valence-electron chi connectivity index (χ0n) is 32.0. The van der Waals surface area contributed by atoms with Crippen molar-refractivity contribution in [1.82, 2.24) is 10.2 Å². The molecule has 4 atom stereocenters. The Hall–Kier alpha value is -3.25. The van der Waals surface area contributed by atoms with E-state index in [1.807, 2.05) is 36.4 Å². The fourth-order valence-electron chi connectivity index (χ4n) is 7.30. The molecule has 2 aliphatic rings. The molecule has 2 fully saturated rings. The van der Waals surface area contributed by atoms with Crippen LogP contribution >= 0.6 is 0 Å². The lowest BCUT2D eigenvalue weighted by Gasteiger charge is -2.44. The third kappa shape index (κ3) is 9.15. The Morgan fingerprint density at radius 2 is 1.38 bits per heavy atom. The minimum absolute atomic E-state index is 0.0532. The Balaban J connectivity index is 1.87. The molecule has 1 unspecified atom stereocenters. The second-order valence-corrected chi connectivity index (χ2v) is 21.5. The average molecular weight is 711 g/mol. The first kappa shape index (κ1) is 39.5. The Morgan fingerprint density at radius 1 is 0.860 bits per heavy atom. The number of nitrogens with zero attached hydrogens (tertiary/aromatic N) is 1. The molecule has 1 N–H and O–H groups in total. The van der Waals surface area contributed by atoms with Crippen molar-refractivity contribution in [2.75, 3.05) is 13.2 Å². The molecule has 11 heteroatoms. The maximum absolute atomic E-state index is 14.2. The molecule has 2 aromatic carbocycles. The molecule has 276 valence electrons. The highest BCUT2D eigenvalue weighted by molar-refractivity contribution is 6.99. The van der Waals surface area contributed by atoms with Crippen molar-refractivity contribution in [3.8, 4) is 0 Å². The van der Waals surface area contributed by atoms with Gasteiger partial charge in [0.1, 0.15) is 17.2 Å². The summed E-state index contributed by atoms with van der Waals surface area (Å²) < 4.78 is 31.7. The van der Waals surface area contributed by atoms with Gasteiger partial charge in [-0.1, -0.05) is 81.4 Å². The highest BCUT2D eigenvalue weighted by Crippen LogP contribution is 2.43. The molecule has 0 bridgehead atoms. The van der Waals surface area contributed by atoms with Gasteiger partial charge in [0.25, 0.3) is 8.32 Å². The van der Waals surface area contributed by atoms with Crippen molar-refractivity contribution in [3.05, 3.63) is 60.7 Å². The number of carbonyl (C=O) groups excluding carboxylic acids is 3. The van der Waals surface area contributed by atoms with E-state index >= 15 is 0 Å². The number of nitrogens with one attached hydrogen (secondary N) is 1. The molecule has 2 heterocycles. The smallest absolute Gasteiger partial charge is 0.411 e. The quantitative estimate of drug-likeness (QED) is 0.253. The van der Waals surface area contributed by atoms with Gasteiger partial charge in [0, 0.05) is 31.9 Å². The molecule has 0 aliphatic carbocycles. The zero-order valence-corrected chi connectivity index (χ0v) is 33.0. The minimum atomic E-state index is -3.01. The van der Waals surface area contributed by atoms with Crippen molar-refractivity contribution in [1.29, 1.82) is 0 Å². The van der Waals surface area contributed by atoms with E-state index < -0.39 is 55.2 Å². The van der Waals surface area contributed by atoms with E-state index in [0.717, 1.165) is 10.4 Å². The number of amides is 2. The molecule has 2 saturated heterocycles. The maximum Gasteiger partial charge on any atom is 0.411 e. The lowest BCUT2D eigenvalue weighted by molar-refractivity contribution is -0.177. The van der Waals surface area contributed by atoms with Gasteiger partial charge >= 0.3 is 12.1 Å². The number of hydrogen-bond donors (Lipinski definition) is 1. The molecular formula is C39H58N2O8Si. The molecule has 2 amide bonds. The summed E-state index contributed by atoms with van der Waals surface area (Å²) in [5.41, 5.74) is -2.91. The molecule has 0 radical (unpaired) electrons. The number of hydrogen-bond acceptors (Lipinski definition) is 8. The van der Waals surface area contributed by atoms with E-state index in [1.165, 1.54) is 11.8 Å². The lowest BCUT2D eigenvalue weighted by atomic mass is 9.92. The Morgan fingerprint density at radius 3 is 1.80 bits per heavy atom. The number of rotatable bonds is 9. The maximum atomic E-state index is 14.2. The van der Waals surface area contributed by atoms with Gasteiger partial charge in [0.15, 0.2) is 11.5 Å². The van der Waals surface area contributed by atoms with Crippen molar-refractivity contribution in [2.45, 2.75) is 136 Å². The molecule has 0 saturated carbocycles. The zero-order chi connectivity index (χ0) is 37.3. The topological polar surface area (TPSA) is 113 Å². The van der Waals surface area contributed by atoms with Crippen LogP contribution in [0.25, 0.3) is 0 Å². The van der Waals surface area contributed by atoms with E-state index in [-0.39, 0.29) is 42.9 Å². The van der Waals surface area contributed by atoms with Crippen LogP contribution < -0.4 is 15.7 Å². The normalized spacial score (nSPS) is 24.2. The molecule has 50 heavy (non-hydrogen) atoms. The van der Waals surface area contributed by atoms with E-state index in [0.29, 0.717) is 0 Å². The number of carbonyl (C=O) groups is 3. The first-order valence-corrected chi connectivity index (χ1v) is 19.5. The SMILES string of the molecule is CC(=O)NC1(C[C@@H]2[C@H](CO[Si](c3ccccc3)(c3ccccc3)C(C)(C)C)C[C@H](C(=O)OC(C)(C)C)N2C(=O)OC(C)(C)C)COC(C)(C)O1. The predicted molar refractivity (Wildman–Crippen MR) is 195 cm³/mol. The van der Waals surface area contributed by atoms with Crippen LogP contribution in [0, 0.1) is 5.92 Å². The summed E-state index contributed by atoms with van der Waals surface area (Å²) in [7, 11) is -3.01. The third-order valence-electron chi connectivity index (χ3n) is 9.01. The Labute approximate surface area is 299 Å². The summed E-state index contributed by atoms with van der Waals surface area (Å²) in [6, 6.07) is 19.0. The van der Waals surface area contributed by atoms with Gasteiger partial charge in [-0.05, 0) is 77.2 Å². The van der Waals surface area contributed by atoms with Crippen LogP contribution in [0.2, 0.25) is 5.04 Å². The highest BCUT2D eigenvalue weighted by Gasteiger charge is 2.57. The minimum Gasteiger partial charge on any atom is -0.458 e. The van der Waals surface area contributed by atoms with Gasteiger partial charge in [-0.2, -0.15) is 0 Å². The third-order valence-corrected chi connectivity index (χ3v) is 14.0. The van der Waals surface area contributed by atoms with Gasteiger partial charge in [-0.25, -0.2) is 9.59 Å². The van der Waals surface area contributed by atoms with Crippen molar-refractivity contribution in [2.24, 2.45) is 5.92 Å². The fraction of sp³-hybridized carbons (Fsp3) is 0.615. The van der Waals surface area contributed by atoms with Crippen LogP contribution in [-0.4, -0.2) is 79.2 Å². The second kappa shape index (κ2) is 14.4. The van der Waals surface area contributed by atoms with Gasteiger partial charge in [0.2, 0.25) is 5.91 Å². The summed E-state index contributed by atoms with van der Waals surface area (Å²) in [4.78, 5) is 42.4. The summed E-state index contributed by atoms with van der Waals surface area (Å²) >= 11 is 0. The molecule has 2 aromatic rings. The number of esters is 1. The average Bonchev–Trinajstić information content (AvgIpc) is 3.47. The summed E-state index contributed by atoms with van der Waals surface area (Å²) in [5.74, 6) is -2.21. The molecular weight excluding hydrogens is 653 g/mol. The van der Waals surface area contributed by atoms with E-state index in [2.05, 4.69) is 50.4 Å². The number of benzene rings is 2. The Kier molecular flexibility index (Phi) is 11.4. The van der Waals surface area contributed by atoms with Crippen molar-refractivity contribution >= 4 is 36.7 Å². The summed E-state index contributed by atoms with van der Waals surface area (Å²) in [5, 5.41) is 4.91. The van der Waals surface area contributed by atoms with Gasteiger partial charge in [0.05, 0.1) is 6.61 Å². The van der Waals surface area contributed by atoms with Gasteiger partial charge < -0.3 is 28.7 Å². The molecule has 2 aliphatic heterocycles. The van der Waals surface area contributed by atoms with Crippen molar-refractivity contribution < 1.29 is 37.8 Å². The fourth-order valence-corrected chi connectivity index (χ4v) is 11.9. The molecule has 0 spiro atoms. The van der Waals surface area contributed by atoms with Crippen LogP contribution in [0.1, 0.15) is 95.9 Å². The Bertz CT molecular complexity index is 1460. The second-order valence-electron chi connectivity index (χ2n) is 17.1. The monoisotopic (exact) mass is 710 g/mol. The van der Waals surface area contributed by atoms with Gasteiger partial charge in [-0.15, -0.1) is 0 Å². The number of likely N-dealkylation sites (tertiary alicyclic amines) is 1. The van der Waals surface area contributed by atoms with Crippen LogP contribution in [-0.2, 0) is 33.0 Å². The van der Waals surface area contributed by atoms with E-state index in [9.17, 15) is 14.4 Å². The summed E-state index contributed by atoms with van der Waals surface area (Å²) in [6.45, 7) is 22.7. The first-order chi connectivity index (χ1) is 23.0. The van der Waals surface area contributed by atoms with Crippen LogP contribution in [0.5, 0.6) is 0 Å². The largest absolute Gasteiger partial charge is 0.458 e. The molecule has 10 nitrogen and oxygen atoms in total. The highest BCUT2D eigenvalue weighted by atomic mass is 28.4. The van der Waals surface area contributed by atoms with Crippen LogP contribution in [0.15, 0.2) is 60.7 Å². The van der Waals surface area contributed by atoms with Crippen molar-refractivity contribution in [3.63, 3.8) is 0 Å². The number of ether oxygens (including phenoxy) is 4. The predicted octanol–water partition coefficient (Wildman–Crippen LogP) is 5.90. The van der Waals surface area contributed by atoms with Crippen LogP contribution in [0.3, 0.4) is 0 Å². The standard InChI is InChI=1S/C39H58N2O8Si/c1-27(42)40-39(26-45-38(11,12)49-39)24-32-28(23-31(33(43)47-35(2,3)4)41(32)34(44)48-36(5,6)7)25-46-50(37(8,9)10,29-19-15-13-16-20-29)30-21-17-14-18-22-30/h13-22,28,31-32H,23-26H2,1-12H3,(H,40,42)/t28-,31+,32+,39?/m0/s1.